The van der Waals surface area contributed by atoms with Gasteiger partial charge in [0, 0.05) is 45.2 Å². The molecule has 2 unspecified atom stereocenters. The van der Waals surface area contributed by atoms with E-state index in [0.29, 0.717) is 19.0 Å². The molecule has 170 valence electrons. The normalized spacial score (nSPS) is 24.3. The van der Waals surface area contributed by atoms with Crippen molar-refractivity contribution in [1.29, 1.82) is 0 Å². The summed E-state index contributed by atoms with van der Waals surface area (Å²) >= 11 is 0. The van der Waals surface area contributed by atoms with Gasteiger partial charge in [-0.15, -0.1) is 0 Å². The smallest absolute Gasteiger partial charge is 0.287 e. The maximum Gasteiger partial charge on any atom is 0.287 e. The Balaban J connectivity index is 1.31. The van der Waals surface area contributed by atoms with Crippen molar-refractivity contribution in [1.82, 2.24) is 20.0 Å². The van der Waals surface area contributed by atoms with Crippen LogP contribution in [0.5, 0.6) is 0 Å². The fourth-order valence-corrected chi connectivity index (χ4v) is 5.00. The summed E-state index contributed by atoms with van der Waals surface area (Å²) in [6, 6.07) is 2.65. The first-order chi connectivity index (χ1) is 14.8. The number of hydrogen-bond donors (Lipinski definition) is 1. The molecule has 2 saturated heterocycles. The number of likely N-dealkylation sites (tertiary alicyclic amines) is 1. The zero-order chi connectivity index (χ0) is 22.2. The van der Waals surface area contributed by atoms with Gasteiger partial charge in [0.1, 0.15) is 6.04 Å². The molecule has 3 aliphatic rings. The van der Waals surface area contributed by atoms with E-state index >= 15 is 0 Å². The van der Waals surface area contributed by atoms with Crippen LogP contribution in [0, 0.1) is 17.3 Å². The summed E-state index contributed by atoms with van der Waals surface area (Å²) in [6.07, 6.45) is 4.11. The van der Waals surface area contributed by atoms with Crippen LogP contribution in [0.25, 0.3) is 0 Å². The molecule has 1 aromatic heterocycles. The summed E-state index contributed by atoms with van der Waals surface area (Å²) in [6.45, 7) is 8.67. The maximum absolute atomic E-state index is 13.2. The Labute approximate surface area is 183 Å². The molecule has 1 N–H and O–H groups in total. The number of furan rings is 1. The van der Waals surface area contributed by atoms with Crippen LogP contribution in [-0.2, 0) is 9.59 Å². The van der Waals surface area contributed by atoms with Crippen LogP contribution in [0.1, 0.15) is 43.7 Å². The molecular formula is C23H34N4O4. The molecule has 0 radical (unpaired) electrons. The van der Waals surface area contributed by atoms with Gasteiger partial charge in [-0.3, -0.25) is 14.4 Å². The summed E-state index contributed by atoms with van der Waals surface area (Å²) in [5.74, 6) is 0.179. The van der Waals surface area contributed by atoms with E-state index < -0.39 is 6.04 Å². The molecule has 1 aliphatic carbocycles. The first kappa shape index (κ1) is 21.9. The highest BCUT2D eigenvalue weighted by Crippen LogP contribution is 2.60. The number of carbonyl (C=O) groups excluding carboxylic acids is 3. The highest BCUT2D eigenvalue weighted by Gasteiger charge is 2.59. The van der Waals surface area contributed by atoms with Crippen LogP contribution in [-0.4, -0.2) is 84.8 Å². The molecule has 0 aromatic carbocycles. The Morgan fingerprint density at radius 2 is 1.74 bits per heavy atom. The number of nitrogens with zero attached hydrogens (tertiary/aromatic N) is 3. The Hall–Kier alpha value is -2.35. The number of hydrogen-bond acceptors (Lipinski definition) is 5. The zero-order valence-electron chi connectivity index (χ0n) is 18.8. The molecule has 3 fully saturated rings. The number of carbonyl (C=O) groups is 3. The first-order valence-electron chi connectivity index (χ1n) is 11.4. The van der Waals surface area contributed by atoms with Crippen LogP contribution in [0.15, 0.2) is 22.8 Å². The van der Waals surface area contributed by atoms with Gasteiger partial charge in [0.2, 0.25) is 11.8 Å². The maximum atomic E-state index is 13.2. The minimum Gasteiger partial charge on any atom is -0.459 e. The summed E-state index contributed by atoms with van der Waals surface area (Å²) < 4.78 is 5.15. The van der Waals surface area contributed by atoms with E-state index in [1.54, 1.807) is 12.1 Å². The molecular weight excluding hydrogens is 396 g/mol. The lowest BCUT2D eigenvalue weighted by Crippen LogP contribution is -2.53. The molecule has 4 rings (SSSR count). The number of amides is 3. The molecule has 2 aliphatic heterocycles. The van der Waals surface area contributed by atoms with Crippen molar-refractivity contribution < 1.29 is 18.8 Å². The van der Waals surface area contributed by atoms with E-state index in [1.165, 1.54) is 6.26 Å². The van der Waals surface area contributed by atoms with E-state index in [-0.39, 0.29) is 34.8 Å². The standard InChI is InChI=1S/C23H34N4O4/c1-16(2)19(24-20(28)18-5-4-14-31-18)22(30)26-8-6-23(7-9-26)15-17(23)21(29)27-12-10-25(3)11-13-27/h4-5,14,16-17,19H,6-13,15H2,1-3H3,(H,24,28). The second kappa shape index (κ2) is 8.65. The third-order valence-corrected chi connectivity index (χ3v) is 7.34. The zero-order valence-corrected chi connectivity index (χ0v) is 18.8. The molecule has 1 aromatic rings. The predicted octanol–water partition coefficient (Wildman–Crippen LogP) is 1.44. The van der Waals surface area contributed by atoms with Gasteiger partial charge in [0.15, 0.2) is 5.76 Å². The first-order valence-corrected chi connectivity index (χ1v) is 11.4. The topological polar surface area (TPSA) is 86.1 Å². The van der Waals surface area contributed by atoms with Crippen LogP contribution < -0.4 is 5.32 Å². The highest BCUT2D eigenvalue weighted by atomic mass is 16.3. The average Bonchev–Trinajstić information content (AvgIpc) is 3.18. The predicted molar refractivity (Wildman–Crippen MR) is 115 cm³/mol. The van der Waals surface area contributed by atoms with E-state index in [9.17, 15) is 14.4 Å². The minimum absolute atomic E-state index is 0.0326. The van der Waals surface area contributed by atoms with Gasteiger partial charge in [0.05, 0.1) is 6.26 Å². The molecule has 8 heteroatoms. The highest BCUT2D eigenvalue weighted by molar-refractivity contribution is 5.95. The summed E-state index contributed by atoms with van der Waals surface area (Å²) in [7, 11) is 2.09. The van der Waals surface area contributed by atoms with Crippen molar-refractivity contribution in [3.8, 4) is 0 Å². The van der Waals surface area contributed by atoms with Gasteiger partial charge in [-0.05, 0) is 49.8 Å². The van der Waals surface area contributed by atoms with Crippen molar-refractivity contribution in [2.75, 3.05) is 46.3 Å². The summed E-state index contributed by atoms with van der Waals surface area (Å²) in [5.41, 5.74) is 0.0714. The van der Waals surface area contributed by atoms with Crippen LogP contribution in [0.4, 0.5) is 0 Å². The molecule has 3 amide bonds. The van der Waals surface area contributed by atoms with Crippen LogP contribution in [0.2, 0.25) is 0 Å². The van der Waals surface area contributed by atoms with E-state index in [4.69, 9.17) is 4.42 Å². The number of piperazine rings is 1. The molecule has 2 atom stereocenters. The molecule has 31 heavy (non-hydrogen) atoms. The minimum atomic E-state index is -0.589. The summed E-state index contributed by atoms with van der Waals surface area (Å²) in [4.78, 5) is 44.7. The van der Waals surface area contributed by atoms with Crippen molar-refractivity contribution in [3.63, 3.8) is 0 Å². The van der Waals surface area contributed by atoms with Crippen molar-refractivity contribution in [3.05, 3.63) is 24.2 Å². The fraction of sp³-hybridized carbons (Fsp3) is 0.696. The Morgan fingerprint density at radius 1 is 1.06 bits per heavy atom. The molecule has 8 nitrogen and oxygen atoms in total. The third-order valence-electron chi connectivity index (χ3n) is 7.34. The largest absolute Gasteiger partial charge is 0.459 e. The van der Waals surface area contributed by atoms with Crippen molar-refractivity contribution >= 4 is 17.7 Å². The van der Waals surface area contributed by atoms with Gasteiger partial charge in [0.25, 0.3) is 5.91 Å². The van der Waals surface area contributed by atoms with Gasteiger partial charge < -0.3 is 24.4 Å². The van der Waals surface area contributed by atoms with Crippen LogP contribution in [0.3, 0.4) is 0 Å². The Kier molecular flexibility index (Phi) is 6.10. The van der Waals surface area contributed by atoms with Gasteiger partial charge >= 0.3 is 0 Å². The second-order valence-corrected chi connectivity index (χ2v) is 9.75. The van der Waals surface area contributed by atoms with Crippen molar-refractivity contribution in [2.45, 2.75) is 39.2 Å². The third kappa shape index (κ3) is 4.49. The number of piperidine rings is 1. The van der Waals surface area contributed by atoms with Crippen molar-refractivity contribution in [2.24, 2.45) is 17.3 Å². The van der Waals surface area contributed by atoms with Gasteiger partial charge in [-0.25, -0.2) is 0 Å². The summed E-state index contributed by atoms with van der Waals surface area (Å²) in [5, 5.41) is 2.84. The number of nitrogens with one attached hydrogen (secondary N) is 1. The van der Waals surface area contributed by atoms with Crippen LogP contribution >= 0.6 is 0 Å². The lowest BCUT2D eigenvalue weighted by atomic mass is 9.89. The molecule has 3 heterocycles. The van der Waals surface area contributed by atoms with Gasteiger partial charge in [-0.1, -0.05) is 13.8 Å². The SMILES string of the molecule is CC(C)C(NC(=O)c1ccco1)C(=O)N1CCC2(CC1)CC2C(=O)N1CCN(C)CC1. The fourth-order valence-electron chi connectivity index (χ4n) is 5.00. The van der Waals surface area contributed by atoms with E-state index in [0.717, 1.165) is 45.4 Å². The van der Waals surface area contributed by atoms with Gasteiger partial charge in [-0.2, -0.15) is 0 Å². The number of likely N-dealkylation sites (N-methyl/N-ethyl adjacent to an activating group) is 1. The lowest BCUT2D eigenvalue weighted by molar-refractivity contribution is -0.137. The monoisotopic (exact) mass is 430 g/mol. The second-order valence-electron chi connectivity index (χ2n) is 9.75. The molecule has 1 saturated carbocycles. The lowest BCUT2D eigenvalue weighted by Gasteiger charge is -2.37. The molecule has 1 spiro atoms. The quantitative estimate of drug-likeness (QED) is 0.764. The Bertz CT molecular complexity index is 806. The molecule has 0 bridgehead atoms. The average molecular weight is 431 g/mol. The van der Waals surface area contributed by atoms with E-state index in [1.807, 2.05) is 23.6 Å². The number of rotatable bonds is 5. The Morgan fingerprint density at radius 3 is 2.32 bits per heavy atom. The van der Waals surface area contributed by atoms with E-state index in [2.05, 4.69) is 17.3 Å².